The molecule has 0 N–H and O–H groups in total. The number of aryl methyl sites for hydroxylation is 1. The second-order valence-corrected chi connectivity index (χ2v) is 6.63. The number of anilines is 1. The molecule has 1 aliphatic heterocycles. The predicted octanol–water partition coefficient (Wildman–Crippen LogP) is 3.75. The fraction of sp³-hybridized carbons (Fsp3) is 0.357. The van der Waals surface area contributed by atoms with Crippen molar-refractivity contribution in [3.05, 3.63) is 23.1 Å². The lowest BCUT2D eigenvalue weighted by Crippen LogP contribution is -2.21. The van der Waals surface area contributed by atoms with Gasteiger partial charge in [-0.15, -0.1) is 11.3 Å². The topological polar surface area (TPSA) is 41.9 Å². The van der Waals surface area contributed by atoms with Gasteiger partial charge in [-0.05, 0) is 18.9 Å². The molecule has 1 atom stereocenters. The Balaban J connectivity index is 2.00. The Morgan fingerprint density at radius 3 is 3.00 bits per heavy atom. The van der Waals surface area contributed by atoms with E-state index in [0.717, 1.165) is 31.8 Å². The highest BCUT2D eigenvalue weighted by Crippen LogP contribution is 2.39. The standard InChI is InChI=1S/C14H12ClFN4S/c1-7-9(15)4-17-14-10(7)11-12(21-14)13(19-6-18-11)20-3-2-8(16)5-20/h4,6,8H,2-3,5H2,1H3. The van der Waals surface area contributed by atoms with E-state index in [1.807, 2.05) is 11.8 Å². The summed E-state index contributed by atoms with van der Waals surface area (Å²) in [5, 5.41) is 1.61. The summed E-state index contributed by atoms with van der Waals surface area (Å²) >= 11 is 7.71. The second kappa shape index (κ2) is 4.74. The lowest BCUT2D eigenvalue weighted by molar-refractivity contribution is 0.364. The Hall–Kier alpha value is -1.53. The Bertz CT molecular complexity index is 850. The molecule has 7 heteroatoms. The van der Waals surface area contributed by atoms with E-state index in [1.54, 1.807) is 17.5 Å². The van der Waals surface area contributed by atoms with E-state index in [9.17, 15) is 4.39 Å². The molecule has 0 aliphatic carbocycles. The highest BCUT2D eigenvalue weighted by atomic mass is 35.5. The van der Waals surface area contributed by atoms with Crippen LogP contribution in [-0.4, -0.2) is 34.2 Å². The van der Waals surface area contributed by atoms with Gasteiger partial charge < -0.3 is 4.90 Å². The first kappa shape index (κ1) is 13.2. The molecule has 4 rings (SSSR count). The van der Waals surface area contributed by atoms with Crippen molar-refractivity contribution in [1.29, 1.82) is 0 Å². The van der Waals surface area contributed by atoms with Crippen LogP contribution < -0.4 is 4.90 Å². The summed E-state index contributed by atoms with van der Waals surface area (Å²) in [6.07, 6.45) is 2.98. The Labute approximate surface area is 129 Å². The van der Waals surface area contributed by atoms with Crippen molar-refractivity contribution in [2.24, 2.45) is 0 Å². The third-order valence-corrected chi connectivity index (χ3v) is 5.36. The monoisotopic (exact) mass is 322 g/mol. The number of fused-ring (bicyclic) bond motifs is 3. The lowest BCUT2D eigenvalue weighted by atomic mass is 10.2. The molecule has 3 aromatic heterocycles. The maximum Gasteiger partial charge on any atom is 0.150 e. The molecule has 21 heavy (non-hydrogen) atoms. The van der Waals surface area contributed by atoms with E-state index in [1.165, 1.54) is 6.33 Å². The van der Waals surface area contributed by atoms with Gasteiger partial charge in [-0.25, -0.2) is 19.3 Å². The average molecular weight is 323 g/mol. The summed E-state index contributed by atoms with van der Waals surface area (Å²) in [5.74, 6) is 0.804. The van der Waals surface area contributed by atoms with Crippen LogP contribution in [0, 0.1) is 6.92 Å². The second-order valence-electron chi connectivity index (χ2n) is 5.22. The Morgan fingerprint density at radius 2 is 2.24 bits per heavy atom. The van der Waals surface area contributed by atoms with Gasteiger partial charge in [-0.3, -0.25) is 0 Å². The van der Waals surface area contributed by atoms with Crippen molar-refractivity contribution >= 4 is 49.2 Å². The summed E-state index contributed by atoms with van der Waals surface area (Å²) in [4.78, 5) is 16.0. The molecule has 4 nitrogen and oxygen atoms in total. The SMILES string of the molecule is Cc1c(Cl)cnc2sc3c(N4CCC(F)C4)ncnc3c12. The molecular formula is C14H12ClFN4S. The molecule has 1 aliphatic rings. The van der Waals surface area contributed by atoms with Crippen LogP contribution in [0.4, 0.5) is 10.2 Å². The molecule has 0 radical (unpaired) electrons. The molecule has 1 fully saturated rings. The van der Waals surface area contributed by atoms with Gasteiger partial charge >= 0.3 is 0 Å². The minimum atomic E-state index is -0.779. The van der Waals surface area contributed by atoms with Crippen LogP contribution in [0.3, 0.4) is 0 Å². The molecule has 0 aromatic carbocycles. The number of pyridine rings is 1. The summed E-state index contributed by atoms with van der Waals surface area (Å²) in [6.45, 7) is 3.05. The normalized spacial score (nSPS) is 19.0. The van der Waals surface area contributed by atoms with E-state index in [4.69, 9.17) is 11.6 Å². The smallest absolute Gasteiger partial charge is 0.150 e. The molecule has 0 bridgehead atoms. The van der Waals surface area contributed by atoms with Crippen LogP contribution >= 0.6 is 22.9 Å². The first-order valence-electron chi connectivity index (χ1n) is 6.72. The molecule has 1 saturated heterocycles. The molecule has 3 aromatic rings. The minimum absolute atomic E-state index is 0.396. The third kappa shape index (κ3) is 1.97. The summed E-state index contributed by atoms with van der Waals surface area (Å²) < 4.78 is 14.4. The van der Waals surface area contributed by atoms with Crippen LogP contribution in [0.2, 0.25) is 5.02 Å². The quantitative estimate of drug-likeness (QED) is 0.684. The zero-order valence-corrected chi connectivity index (χ0v) is 12.9. The van der Waals surface area contributed by atoms with Gasteiger partial charge in [0.05, 0.1) is 21.8 Å². The van der Waals surface area contributed by atoms with Gasteiger partial charge in [-0.2, -0.15) is 0 Å². The van der Waals surface area contributed by atoms with Gasteiger partial charge in [-0.1, -0.05) is 11.6 Å². The van der Waals surface area contributed by atoms with Gasteiger partial charge in [0, 0.05) is 18.1 Å². The zero-order valence-electron chi connectivity index (χ0n) is 11.3. The van der Waals surface area contributed by atoms with Crippen molar-refractivity contribution in [3.63, 3.8) is 0 Å². The van der Waals surface area contributed by atoms with Gasteiger partial charge in [0.15, 0.2) is 0 Å². The molecule has 0 saturated carbocycles. The van der Waals surface area contributed by atoms with E-state index in [-0.39, 0.29) is 0 Å². The third-order valence-electron chi connectivity index (χ3n) is 3.89. The number of rotatable bonds is 1. The molecular weight excluding hydrogens is 311 g/mol. The highest BCUT2D eigenvalue weighted by molar-refractivity contribution is 7.26. The molecule has 108 valence electrons. The number of hydrogen-bond acceptors (Lipinski definition) is 5. The van der Waals surface area contributed by atoms with E-state index in [2.05, 4.69) is 15.0 Å². The van der Waals surface area contributed by atoms with Crippen molar-refractivity contribution < 1.29 is 4.39 Å². The number of halogens is 2. The van der Waals surface area contributed by atoms with E-state index in [0.29, 0.717) is 24.5 Å². The van der Waals surface area contributed by atoms with Gasteiger partial charge in [0.25, 0.3) is 0 Å². The van der Waals surface area contributed by atoms with Crippen LogP contribution in [0.5, 0.6) is 0 Å². The first-order valence-corrected chi connectivity index (χ1v) is 7.92. The molecule has 0 spiro atoms. The maximum absolute atomic E-state index is 13.5. The van der Waals surface area contributed by atoms with Crippen LogP contribution in [0.1, 0.15) is 12.0 Å². The Morgan fingerprint density at radius 1 is 1.38 bits per heavy atom. The molecule has 4 heterocycles. The van der Waals surface area contributed by atoms with Crippen LogP contribution in [0.15, 0.2) is 12.5 Å². The fourth-order valence-electron chi connectivity index (χ4n) is 2.78. The largest absolute Gasteiger partial charge is 0.352 e. The molecule has 1 unspecified atom stereocenters. The summed E-state index contributed by atoms with van der Waals surface area (Å²) in [5.41, 5.74) is 1.83. The summed E-state index contributed by atoms with van der Waals surface area (Å²) in [6, 6.07) is 0. The van der Waals surface area contributed by atoms with Crippen molar-refractivity contribution in [1.82, 2.24) is 15.0 Å². The maximum atomic E-state index is 13.5. The van der Waals surface area contributed by atoms with Crippen molar-refractivity contribution in [3.8, 4) is 0 Å². The summed E-state index contributed by atoms with van der Waals surface area (Å²) in [7, 11) is 0. The van der Waals surface area contributed by atoms with E-state index >= 15 is 0 Å². The van der Waals surface area contributed by atoms with E-state index < -0.39 is 6.17 Å². The zero-order chi connectivity index (χ0) is 14.6. The number of nitrogens with zero attached hydrogens (tertiary/aromatic N) is 4. The van der Waals surface area contributed by atoms with Gasteiger partial charge in [0.1, 0.15) is 23.1 Å². The number of thiophene rings is 1. The fourth-order valence-corrected chi connectivity index (χ4v) is 4.10. The number of alkyl halides is 1. The number of aromatic nitrogens is 3. The first-order chi connectivity index (χ1) is 10.1. The van der Waals surface area contributed by atoms with Crippen molar-refractivity contribution in [2.75, 3.05) is 18.0 Å². The number of hydrogen-bond donors (Lipinski definition) is 0. The Kier molecular flexibility index (Phi) is 2.97. The highest BCUT2D eigenvalue weighted by Gasteiger charge is 2.26. The predicted molar refractivity (Wildman–Crippen MR) is 84.2 cm³/mol. The van der Waals surface area contributed by atoms with Crippen molar-refractivity contribution in [2.45, 2.75) is 19.5 Å². The lowest BCUT2D eigenvalue weighted by Gasteiger charge is -2.16. The molecule has 0 amide bonds. The average Bonchev–Trinajstić information content (AvgIpc) is 3.06. The van der Waals surface area contributed by atoms with Crippen LogP contribution in [0.25, 0.3) is 20.4 Å². The van der Waals surface area contributed by atoms with Gasteiger partial charge in [0.2, 0.25) is 0 Å². The van der Waals surface area contributed by atoms with Crippen LogP contribution in [-0.2, 0) is 0 Å². The minimum Gasteiger partial charge on any atom is -0.352 e.